The summed E-state index contributed by atoms with van der Waals surface area (Å²) >= 11 is 0. The van der Waals surface area contributed by atoms with E-state index in [1.165, 1.54) is 0 Å². The summed E-state index contributed by atoms with van der Waals surface area (Å²) < 4.78 is 1.79. The van der Waals surface area contributed by atoms with Crippen molar-refractivity contribution in [3.63, 3.8) is 0 Å². The van der Waals surface area contributed by atoms with Crippen molar-refractivity contribution < 1.29 is 9.90 Å². The Morgan fingerprint density at radius 1 is 1.48 bits per heavy atom. The van der Waals surface area contributed by atoms with Crippen LogP contribution in [0.15, 0.2) is 6.07 Å². The number of nitrogens with zero attached hydrogens (tertiary/aromatic N) is 3. The summed E-state index contributed by atoms with van der Waals surface area (Å²) in [7, 11) is 1.88. The van der Waals surface area contributed by atoms with Crippen LogP contribution in [-0.2, 0) is 7.05 Å². The van der Waals surface area contributed by atoms with Crippen LogP contribution in [0.4, 0.5) is 0 Å². The van der Waals surface area contributed by atoms with Gasteiger partial charge >= 0.3 is 0 Å². The molecule has 0 aromatic carbocycles. The molecule has 1 atom stereocenters. The minimum atomic E-state index is -0.949. The first-order chi connectivity index (χ1) is 10.6. The van der Waals surface area contributed by atoms with Crippen molar-refractivity contribution in [1.29, 1.82) is 0 Å². The van der Waals surface area contributed by atoms with Crippen LogP contribution in [0.5, 0.6) is 0 Å². The third-order valence-corrected chi connectivity index (χ3v) is 4.44. The van der Waals surface area contributed by atoms with Crippen LogP contribution in [0.1, 0.15) is 42.6 Å². The molecule has 0 saturated heterocycles. The molecule has 2 aromatic heterocycles. The van der Waals surface area contributed by atoms with E-state index < -0.39 is 5.60 Å². The Morgan fingerprint density at radius 2 is 2.13 bits per heavy atom. The number of aryl methyl sites for hydroxylation is 2. The lowest BCUT2D eigenvalue weighted by Gasteiger charge is -2.27. The summed E-state index contributed by atoms with van der Waals surface area (Å²) in [6, 6.07) is 1.70. The Balaban J connectivity index is 2.15. The van der Waals surface area contributed by atoms with Gasteiger partial charge in [0, 0.05) is 24.8 Å². The predicted molar refractivity (Wildman–Crippen MR) is 88.1 cm³/mol. The van der Waals surface area contributed by atoms with E-state index in [-0.39, 0.29) is 18.4 Å². The molecule has 1 unspecified atom stereocenters. The maximum absolute atomic E-state index is 12.2. The second-order valence-corrected chi connectivity index (χ2v) is 6.53. The van der Waals surface area contributed by atoms with Gasteiger partial charge in [-0.2, -0.15) is 10.2 Å². The quantitative estimate of drug-likeness (QED) is 0.779. The molecule has 0 saturated carbocycles. The highest BCUT2D eigenvalue weighted by Gasteiger charge is 2.26. The summed E-state index contributed by atoms with van der Waals surface area (Å²) in [4.78, 5) is 12.2. The van der Waals surface area contributed by atoms with Crippen molar-refractivity contribution in [3.8, 4) is 11.3 Å². The summed E-state index contributed by atoms with van der Waals surface area (Å²) in [5.74, 6) is -0.246. The van der Waals surface area contributed by atoms with Crippen molar-refractivity contribution in [3.05, 3.63) is 23.1 Å². The van der Waals surface area contributed by atoms with Crippen molar-refractivity contribution in [2.45, 2.75) is 40.2 Å². The largest absolute Gasteiger partial charge is 0.388 e. The van der Waals surface area contributed by atoms with Gasteiger partial charge in [-0.3, -0.25) is 14.6 Å². The first-order valence-electron chi connectivity index (χ1n) is 7.70. The first-order valence-corrected chi connectivity index (χ1v) is 7.70. The van der Waals surface area contributed by atoms with Gasteiger partial charge < -0.3 is 10.4 Å². The second kappa shape index (κ2) is 6.16. The van der Waals surface area contributed by atoms with E-state index in [1.54, 1.807) is 17.7 Å². The lowest BCUT2D eigenvalue weighted by Crippen LogP contribution is -2.44. The minimum absolute atomic E-state index is 0.0424. The summed E-state index contributed by atoms with van der Waals surface area (Å²) in [6.45, 7) is 9.59. The standard InChI is InChI=1S/C16H25N5O2/c1-9(2)16(5,23)8-17-15(22)13-7-12(18-19-13)14-10(3)20-21(6)11(14)4/h7,9,23H,8H2,1-6H3,(H,17,22)(H,18,19). The highest BCUT2D eigenvalue weighted by Crippen LogP contribution is 2.25. The van der Waals surface area contributed by atoms with E-state index in [0.29, 0.717) is 11.4 Å². The molecule has 2 heterocycles. The third-order valence-electron chi connectivity index (χ3n) is 4.44. The lowest BCUT2D eigenvalue weighted by atomic mass is 9.92. The summed E-state index contributed by atoms with van der Waals surface area (Å²) in [5, 5.41) is 24.3. The maximum atomic E-state index is 12.2. The van der Waals surface area contributed by atoms with E-state index in [2.05, 4.69) is 20.6 Å². The van der Waals surface area contributed by atoms with E-state index in [9.17, 15) is 9.90 Å². The van der Waals surface area contributed by atoms with Crippen LogP contribution in [0.3, 0.4) is 0 Å². The average Bonchev–Trinajstić information content (AvgIpc) is 3.02. The molecule has 2 aromatic rings. The number of hydrogen-bond acceptors (Lipinski definition) is 4. The molecule has 7 heteroatoms. The minimum Gasteiger partial charge on any atom is -0.388 e. The maximum Gasteiger partial charge on any atom is 0.269 e. The van der Waals surface area contributed by atoms with Crippen LogP contribution in [-0.4, -0.2) is 43.1 Å². The van der Waals surface area contributed by atoms with Gasteiger partial charge in [0.2, 0.25) is 0 Å². The van der Waals surface area contributed by atoms with Gasteiger partial charge in [0.15, 0.2) is 0 Å². The highest BCUT2D eigenvalue weighted by molar-refractivity contribution is 5.93. The fraction of sp³-hybridized carbons (Fsp3) is 0.562. The van der Waals surface area contributed by atoms with E-state index in [1.807, 2.05) is 34.7 Å². The number of aliphatic hydroxyl groups is 1. The van der Waals surface area contributed by atoms with Gasteiger partial charge in [-0.25, -0.2) is 0 Å². The van der Waals surface area contributed by atoms with E-state index in [4.69, 9.17) is 0 Å². The second-order valence-electron chi connectivity index (χ2n) is 6.53. The van der Waals surface area contributed by atoms with Crippen LogP contribution in [0, 0.1) is 19.8 Å². The van der Waals surface area contributed by atoms with Gasteiger partial charge in [0.1, 0.15) is 5.69 Å². The first kappa shape index (κ1) is 17.2. The summed E-state index contributed by atoms with van der Waals surface area (Å²) in [5.41, 5.74) is 2.89. The number of aromatic amines is 1. The number of nitrogens with one attached hydrogen (secondary N) is 2. The van der Waals surface area contributed by atoms with Crippen LogP contribution >= 0.6 is 0 Å². The predicted octanol–water partition coefficient (Wildman–Crippen LogP) is 1.56. The Morgan fingerprint density at radius 3 is 2.65 bits per heavy atom. The number of carbonyl (C=O) groups excluding carboxylic acids is 1. The zero-order valence-electron chi connectivity index (χ0n) is 14.6. The number of amides is 1. The number of carbonyl (C=O) groups is 1. The zero-order valence-corrected chi connectivity index (χ0v) is 14.6. The van der Waals surface area contributed by atoms with Crippen LogP contribution in [0.2, 0.25) is 0 Å². The molecule has 1 amide bonds. The lowest BCUT2D eigenvalue weighted by molar-refractivity contribution is 0.0142. The molecular formula is C16H25N5O2. The molecule has 0 aliphatic rings. The molecule has 7 nitrogen and oxygen atoms in total. The average molecular weight is 319 g/mol. The topological polar surface area (TPSA) is 95.8 Å². The molecule has 0 bridgehead atoms. The van der Waals surface area contributed by atoms with E-state index in [0.717, 1.165) is 17.0 Å². The monoisotopic (exact) mass is 319 g/mol. The van der Waals surface area contributed by atoms with Gasteiger partial charge in [0.05, 0.1) is 17.0 Å². The molecule has 0 fully saturated rings. The molecule has 3 N–H and O–H groups in total. The van der Waals surface area contributed by atoms with Crippen molar-refractivity contribution in [1.82, 2.24) is 25.3 Å². The molecular weight excluding hydrogens is 294 g/mol. The van der Waals surface area contributed by atoms with Crippen molar-refractivity contribution in [2.24, 2.45) is 13.0 Å². The molecule has 2 rings (SSSR count). The molecule has 0 radical (unpaired) electrons. The third kappa shape index (κ3) is 3.44. The van der Waals surface area contributed by atoms with Gasteiger partial charge in [-0.1, -0.05) is 13.8 Å². The molecule has 0 spiro atoms. The SMILES string of the molecule is Cc1nn(C)c(C)c1-c1cc(C(=O)NCC(C)(O)C(C)C)[nH]n1. The normalized spacial score (nSPS) is 14.1. The van der Waals surface area contributed by atoms with Gasteiger partial charge in [0.25, 0.3) is 5.91 Å². The smallest absolute Gasteiger partial charge is 0.269 e. The summed E-state index contributed by atoms with van der Waals surface area (Å²) in [6.07, 6.45) is 0. The number of rotatable bonds is 5. The Labute approximate surface area is 136 Å². The fourth-order valence-electron chi connectivity index (χ4n) is 2.27. The van der Waals surface area contributed by atoms with Crippen molar-refractivity contribution in [2.75, 3.05) is 6.54 Å². The van der Waals surface area contributed by atoms with Gasteiger partial charge in [-0.15, -0.1) is 0 Å². The molecule has 0 aliphatic carbocycles. The van der Waals surface area contributed by atoms with Crippen LogP contribution < -0.4 is 5.32 Å². The number of aromatic nitrogens is 4. The Hall–Kier alpha value is -2.15. The highest BCUT2D eigenvalue weighted by atomic mass is 16.3. The Kier molecular flexibility index (Phi) is 4.61. The number of hydrogen-bond donors (Lipinski definition) is 3. The van der Waals surface area contributed by atoms with Gasteiger partial charge in [-0.05, 0) is 32.8 Å². The fourth-order valence-corrected chi connectivity index (χ4v) is 2.27. The number of H-pyrrole nitrogens is 1. The Bertz CT molecular complexity index is 712. The molecule has 126 valence electrons. The molecule has 23 heavy (non-hydrogen) atoms. The molecule has 0 aliphatic heterocycles. The van der Waals surface area contributed by atoms with E-state index >= 15 is 0 Å². The zero-order chi connectivity index (χ0) is 17.4. The van der Waals surface area contributed by atoms with Crippen molar-refractivity contribution >= 4 is 5.91 Å². The van der Waals surface area contributed by atoms with Crippen LogP contribution in [0.25, 0.3) is 11.3 Å².